The van der Waals surface area contributed by atoms with E-state index in [2.05, 4.69) is 20.7 Å². The molecule has 3 heterocycles. The summed E-state index contributed by atoms with van der Waals surface area (Å²) in [6.45, 7) is 1.99. The molecule has 1 aliphatic rings. The second-order valence-electron chi connectivity index (χ2n) is 6.14. The van der Waals surface area contributed by atoms with E-state index in [1.165, 1.54) is 6.33 Å². The summed E-state index contributed by atoms with van der Waals surface area (Å²) < 4.78 is 7.14. The van der Waals surface area contributed by atoms with Crippen LogP contribution in [0.15, 0.2) is 48.1 Å². The summed E-state index contributed by atoms with van der Waals surface area (Å²) >= 11 is 1.61. The highest BCUT2D eigenvalue weighted by Gasteiger charge is 2.42. The summed E-state index contributed by atoms with van der Waals surface area (Å²) in [7, 11) is 1.59. The number of nitrogens with zero attached hydrogens (tertiary/aromatic N) is 3. The predicted octanol–water partition coefficient (Wildman–Crippen LogP) is 3.01. The summed E-state index contributed by atoms with van der Waals surface area (Å²) in [5.74, 6) is 0.866. The Hall–Kier alpha value is -2.87. The van der Waals surface area contributed by atoms with Gasteiger partial charge in [0.15, 0.2) is 0 Å². The van der Waals surface area contributed by atoms with Gasteiger partial charge in [0.1, 0.15) is 18.1 Å². The second kappa shape index (κ2) is 6.80. The van der Waals surface area contributed by atoms with Crippen LogP contribution in [0.25, 0.3) is 0 Å². The summed E-state index contributed by atoms with van der Waals surface area (Å²) in [4.78, 5) is 18.6. The molecule has 2 aromatic heterocycles. The maximum atomic E-state index is 13.2. The van der Waals surface area contributed by atoms with Gasteiger partial charge < -0.3 is 15.4 Å². The van der Waals surface area contributed by atoms with Gasteiger partial charge in [-0.25, -0.2) is 4.68 Å². The number of fused-ring (bicyclic) bond motifs is 1. The zero-order valence-corrected chi connectivity index (χ0v) is 15.2. The molecule has 0 saturated carbocycles. The molecule has 1 amide bonds. The molecular formula is C18H19N5O2S. The SMILES string of the molecule is COc1ccccc1NC(=O)[C@@H]1[C@H](C)Nc2ncnn2[C@H]1c1cccs1. The third-order valence-electron chi connectivity index (χ3n) is 4.57. The van der Waals surface area contributed by atoms with Crippen molar-refractivity contribution in [3.63, 3.8) is 0 Å². The lowest BCUT2D eigenvalue weighted by molar-refractivity contribution is -0.121. The molecule has 134 valence electrons. The number of amides is 1. The quantitative estimate of drug-likeness (QED) is 0.739. The van der Waals surface area contributed by atoms with E-state index in [0.717, 1.165) is 4.88 Å². The Labute approximate surface area is 155 Å². The van der Waals surface area contributed by atoms with E-state index in [4.69, 9.17) is 4.74 Å². The topological polar surface area (TPSA) is 81.1 Å². The lowest BCUT2D eigenvalue weighted by atomic mass is 9.89. The number of rotatable bonds is 4. The van der Waals surface area contributed by atoms with Crippen molar-refractivity contribution >= 4 is 28.9 Å². The first-order chi connectivity index (χ1) is 12.7. The summed E-state index contributed by atoms with van der Waals surface area (Å²) in [6.07, 6.45) is 1.51. The smallest absolute Gasteiger partial charge is 0.232 e. The number of thiophene rings is 1. The molecule has 26 heavy (non-hydrogen) atoms. The fourth-order valence-electron chi connectivity index (χ4n) is 3.37. The molecule has 7 nitrogen and oxygen atoms in total. The predicted molar refractivity (Wildman–Crippen MR) is 101 cm³/mol. The first-order valence-corrected chi connectivity index (χ1v) is 9.20. The van der Waals surface area contributed by atoms with E-state index in [0.29, 0.717) is 17.4 Å². The molecule has 3 aromatic rings. The second-order valence-corrected chi connectivity index (χ2v) is 7.12. The van der Waals surface area contributed by atoms with Gasteiger partial charge in [0, 0.05) is 10.9 Å². The fraction of sp³-hybridized carbons (Fsp3) is 0.278. The third-order valence-corrected chi connectivity index (χ3v) is 5.52. The van der Waals surface area contributed by atoms with Gasteiger partial charge in [0.25, 0.3) is 0 Å². The highest BCUT2D eigenvalue weighted by Crippen LogP contribution is 2.38. The van der Waals surface area contributed by atoms with Gasteiger partial charge in [0.2, 0.25) is 11.9 Å². The van der Waals surface area contributed by atoms with Gasteiger partial charge in [-0.15, -0.1) is 11.3 Å². The maximum Gasteiger partial charge on any atom is 0.232 e. The van der Waals surface area contributed by atoms with Crippen LogP contribution in [0.3, 0.4) is 0 Å². The van der Waals surface area contributed by atoms with E-state index in [1.54, 1.807) is 23.1 Å². The molecule has 0 unspecified atom stereocenters. The number of nitrogens with one attached hydrogen (secondary N) is 2. The molecule has 0 fully saturated rings. The van der Waals surface area contributed by atoms with Crippen LogP contribution in [0.5, 0.6) is 5.75 Å². The van der Waals surface area contributed by atoms with Gasteiger partial charge in [-0.3, -0.25) is 4.79 Å². The van der Waals surface area contributed by atoms with Crippen molar-refractivity contribution in [3.8, 4) is 5.75 Å². The van der Waals surface area contributed by atoms with E-state index < -0.39 is 0 Å². The molecule has 0 spiro atoms. The number of para-hydroxylation sites is 2. The van der Waals surface area contributed by atoms with Crippen molar-refractivity contribution in [1.82, 2.24) is 14.8 Å². The lowest BCUT2D eigenvalue weighted by Gasteiger charge is -2.36. The maximum absolute atomic E-state index is 13.2. The molecule has 0 saturated heterocycles. The van der Waals surface area contributed by atoms with Gasteiger partial charge in [-0.1, -0.05) is 18.2 Å². The minimum atomic E-state index is -0.354. The van der Waals surface area contributed by atoms with Crippen LogP contribution >= 0.6 is 11.3 Å². The monoisotopic (exact) mass is 369 g/mol. The van der Waals surface area contributed by atoms with E-state index >= 15 is 0 Å². The van der Waals surface area contributed by atoms with E-state index in [1.807, 2.05) is 48.7 Å². The molecule has 0 aliphatic carbocycles. The average Bonchev–Trinajstić information content (AvgIpc) is 3.32. The molecular weight excluding hydrogens is 350 g/mol. The number of benzene rings is 1. The van der Waals surface area contributed by atoms with Crippen LogP contribution in [0, 0.1) is 5.92 Å². The Morgan fingerprint density at radius 3 is 2.92 bits per heavy atom. The van der Waals surface area contributed by atoms with Crippen LogP contribution in [-0.2, 0) is 4.79 Å². The number of ether oxygens (including phenoxy) is 1. The minimum Gasteiger partial charge on any atom is -0.495 e. The molecule has 1 aliphatic heterocycles. The minimum absolute atomic E-state index is 0.0888. The highest BCUT2D eigenvalue weighted by molar-refractivity contribution is 7.10. The third kappa shape index (κ3) is 2.82. The number of hydrogen-bond donors (Lipinski definition) is 2. The average molecular weight is 369 g/mol. The normalized spacial score (nSPS) is 21.5. The number of carbonyl (C=O) groups excluding carboxylic acids is 1. The van der Waals surface area contributed by atoms with Crippen LogP contribution in [0.4, 0.5) is 11.6 Å². The Balaban J connectivity index is 1.70. The van der Waals surface area contributed by atoms with Crippen LogP contribution in [0.1, 0.15) is 17.8 Å². The Bertz CT molecular complexity index is 908. The zero-order chi connectivity index (χ0) is 18.1. The molecule has 0 radical (unpaired) electrons. The van der Waals surface area contributed by atoms with Crippen LogP contribution in [-0.4, -0.2) is 33.8 Å². The Morgan fingerprint density at radius 1 is 1.31 bits per heavy atom. The molecule has 8 heteroatoms. The molecule has 0 bridgehead atoms. The van der Waals surface area contributed by atoms with Crippen molar-refractivity contribution in [2.45, 2.75) is 19.0 Å². The zero-order valence-electron chi connectivity index (χ0n) is 14.4. The molecule has 1 aromatic carbocycles. The molecule has 4 rings (SSSR count). The van der Waals surface area contributed by atoms with Gasteiger partial charge in [-0.2, -0.15) is 10.1 Å². The number of methoxy groups -OCH3 is 1. The summed E-state index contributed by atoms with van der Waals surface area (Å²) in [5, 5.41) is 12.6. The van der Waals surface area contributed by atoms with Crippen LogP contribution in [0.2, 0.25) is 0 Å². The lowest BCUT2D eigenvalue weighted by Crippen LogP contribution is -2.46. The van der Waals surface area contributed by atoms with Crippen molar-refractivity contribution in [1.29, 1.82) is 0 Å². The summed E-state index contributed by atoms with van der Waals surface area (Å²) in [6, 6.07) is 11.1. The fourth-order valence-corrected chi connectivity index (χ4v) is 4.22. The first kappa shape index (κ1) is 16.6. The van der Waals surface area contributed by atoms with Gasteiger partial charge in [-0.05, 0) is 30.5 Å². The molecule has 3 atom stereocenters. The standard InChI is InChI=1S/C18H19N5O2S/c1-11-15(17(24)22-12-6-3-4-7-13(12)25-2)16(14-8-5-9-26-14)23-18(21-11)19-10-20-23/h3-11,15-16H,1-2H3,(H,22,24)(H,19,20,21)/t11-,15+,16-/m0/s1. The number of carbonyl (C=O) groups is 1. The largest absolute Gasteiger partial charge is 0.495 e. The molecule has 2 N–H and O–H groups in total. The number of aromatic nitrogens is 3. The number of hydrogen-bond acceptors (Lipinski definition) is 6. The Morgan fingerprint density at radius 2 is 2.15 bits per heavy atom. The van der Waals surface area contributed by atoms with Crippen molar-refractivity contribution < 1.29 is 9.53 Å². The first-order valence-electron chi connectivity index (χ1n) is 8.32. The van der Waals surface area contributed by atoms with Crippen molar-refractivity contribution in [2.24, 2.45) is 5.92 Å². The summed E-state index contributed by atoms with van der Waals surface area (Å²) in [5.41, 5.74) is 0.654. The number of anilines is 2. The van der Waals surface area contributed by atoms with Crippen LogP contribution < -0.4 is 15.4 Å². The van der Waals surface area contributed by atoms with E-state index in [9.17, 15) is 4.79 Å². The van der Waals surface area contributed by atoms with Gasteiger partial charge >= 0.3 is 0 Å². The van der Waals surface area contributed by atoms with Crippen molar-refractivity contribution in [2.75, 3.05) is 17.7 Å². The van der Waals surface area contributed by atoms with Gasteiger partial charge in [0.05, 0.1) is 18.7 Å². The Kier molecular flexibility index (Phi) is 4.34. The van der Waals surface area contributed by atoms with E-state index in [-0.39, 0.29) is 23.9 Å². The highest BCUT2D eigenvalue weighted by atomic mass is 32.1. The van der Waals surface area contributed by atoms with Crippen molar-refractivity contribution in [3.05, 3.63) is 53.0 Å².